The maximum atomic E-state index is 12.3. The lowest BCUT2D eigenvalue weighted by atomic mass is 10.3. The van der Waals surface area contributed by atoms with E-state index in [1.54, 1.807) is 18.2 Å². The summed E-state index contributed by atoms with van der Waals surface area (Å²) in [5.74, 6) is 0.947. The number of nitrogens with zero attached hydrogens (tertiary/aromatic N) is 1. The van der Waals surface area contributed by atoms with Gasteiger partial charge in [0.05, 0.1) is 17.5 Å². The fourth-order valence-corrected chi connectivity index (χ4v) is 3.18. The molecular formula is C17H18N2O4S. The molecule has 1 heterocycles. The lowest BCUT2D eigenvalue weighted by Crippen LogP contribution is -2.23. The molecule has 24 heavy (non-hydrogen) atoms. The number of nitrogens with one attached hydrogen (secondary N) is 1. The first kappa shape index (κ1) is 16.5. The van der Waals surface area contributed by atoms with Crippen molar-refractivity contribution in [2.24, 2.45) is 0 Å². The van der Waals surface area contributed by atoms with E-state index in [0.29, 0.717) is 22.7 Å². The van der Waals surface area contributed by atoms with Gasteiger partial charge in [0.2, 0.25) is 15.9 Å². The molecule has 0 bridgehead atoms. The minimum atomic E-state index is -3.65. The Labute approximate surface area is 140 Å². The van der Waals surface area contributed by atoms with Crippen LogP contribution in [0.25, 0.3) is 11.1 Å². The molecule has 0 aliphatic carbocycles. The highest BCUT2D eigenvalue weighted by Crippen LogP contribution is 2.18. The Morgan fingerprint density at radius 2 is 1.83 bits per heavy atom. The van der Waals surface area contributed by atoms with Crippen molar-refractivity contribution in [2.45, 2.75) is 31.4 Å². The zero-order chi connectivity index (χ0) is 17.2. The maximum Gasteiger partial charge on any atom is 0.241 e. The molecule has 0 aliphatic rings. The summed E-state index contributed by atoms with van der Waals surface area (Å²) in [6, 6.07) is 13.6. The number of aromatic nitrogens is 1. The van der Waals surface area contributed by atoms with Crippen molar-refractivity contribution in [3.8, 4) is 5.75 Å². The fourth-order valence-electron chi connectivity index (χ4n) is 2.21. The second kappa shape index (κ2) is 6.62. The first-order valence-corrected chi connectivity index (χ1v) is 9.03. The molecule has 0 saturated carbocycles. The average Bonchev–Trinajstić information content (AvgIpc) is 2.96. The van der Waals surface area contributed by atoms with Gasteiger partial charge in [-0.2, -0.15) is 0 Å². The zero-order valence-corrected chi connectivity index (χ0v) is 14.2. The quantitative estimate of drug-likeness (QED) is 0.742. The van der Waals surface area contributed by atoms with Crippen LogP contribution in [0, 0.1) is 0 Å². The van der Waals surface area contributed by atoms with Crippen LogP contribution in [0.15, 0.2) is 57.8 Å². The maximum absolute atomic E-state index is 12.3. The molecule has 0 aliphatic heterocycles. The number of ether oxygens (including phenoxy) is 1. The molecule has 3 aromatic rings. The Morgan fingerprint density at radius 1 is 1.12 bits per heavy atom. The minimum Gasteiger partial charge on any atom is -0.491 e. The monoisotopic (exact) mass is 346 g/mol. The van der Waals surface area contributed by atoms with Gasteiger partial charge in [-0.1, -0.05) is 12.1 Å². The molecule has 0 spiro atoms. The Morgan fingerprint density at radius 3 is 2.50 bits per heavy atom. The molecule has 3 rings (SSSR count). The summed E-state index contributed by atoms with van der Waals surface area (Å²) in [4.78, 5) is 4.40. The van der Waals surface area contributed by atoms with Crippen molar-refractivity contribution < 1.29 is 17.6 Å². The number of hydrogen-bond donors (Lipinski definition) is 1. The highest BCUT2D eigenvalue weighted by atomic mass is 32.2. The third kappa shape index (κ3) is 3.74. The Balaban J connectivity index is 1.71. The molecule has 126 valence electrons. The van der Waals surface area contributed by atoms with Crippen LogP contribution in [-0.2, 0) is 16.6 Å². The third-order valence-corrected chi connectivity index (χ3v) is 4.67. The van der Waals surface area contributed by atoms with Crippen LogP contribution < -0.4 is 9.46 Å². The lowest BCUT2D eigenvalue weighted by Gasteiger charge is -2.10. The number of sulfonamides is 1. The molecule has 2 aromatic carbocycles. The summed E-state index contributed by atoms with van der Waals surface area (Å²) < 4.78 is 38.2. The van der Waals surface area contributed by atoms with Gasteiger partial charge in [0, 0.05) is 0 Å². The molecule has 0 amide bonds. The van der Waals surface area contributed by atoms with Gasteiger partial charge in [-0.3, -0.25) is 0 Å². The van der Waals surface area contributed by atoms with Crippen LogP contribution in [-0.4, -0.2) is 19.5 Å². The van der Waals surface area contributed by atoms with Gasteiger partial charge < -0.3 is 9.15 Å². The zero-order valence-electron chi connectivity index (χ0n) is 13.4. The third-order valence-electron chi connectivity index (χ3n) is 3.26. The predicted molar refractivity (Wildman–Crippen MR) is 90.2 cm³/mol. The van der Waals surface area contributed by atoms with Crippen molar-refractivity contribution in [2.75, 3.05) is 0 Å². The second-order valence-electron chi connectivity index (χ2n) is 5.54. The van der Waals surface area contributed by atoms with Gasteiger partial charge in [0.15, 0.2) is 5.58 Å². The van der Waals surface area contributed by atoms with Crippen LogP contribution in [0.3, 0.4) is 0 Å². The van der Waals surface area contributed by atoms with Crippen molar-refractivity contribution in [3.63, 3.8) is 0 Å². The number of fused-ring (bicyclic) bond motifs is 1. The van der Waals surface area contributed by atoms with E-state index in [-0.39, 0.29) is 17.5 Å². The average molecular weight is 346 g/mol. The highest BCUT2D eigenvalue weighted by Gasteiger charge is 2.16. The van der Waals surface area contributed by atoms with Crippen LogP contribution in [0.1, 0.15) is 19.7 Å². The van der Waals surface area contributed by atoms with Gasteiger partial charge in [0.25, 0.3) is 0 Å². The standard InChI is InChI=1S/C17H18N2O4S/c1-12(2)22-13-7-9-14(10-8-13)24(20,21)18-11-17-19-15-5-3-4-6-16(15)23-17/h3-10,12,18H,11H2,1-2H3. The topological polar surface area (TPSA) is 81.4 Å². The minimum absolute atomic E-state index is 0.0126. The van der Waals surface area contributed by atoms with Crippen molar-refractivity contribution in [3.05, 3.63) is 54.4 Å². The van der Waals surface area contributed by atoms with Crippen molar-refractivity contribution >= 4 is 21.1 Å². The van der Waals surface area contributed by atoms with Crippen LogP contribution in [0.2, 0.25) is 0 Å². The van der Waals surface area contributed by atoms with E-state index in [0.717, 1.165) is 0 Å². The first-order valence-electron chi connectivity index (χ1n) is 7.55. The van der Waals surface area contributed by atoms with E-state index in [1.807, 2.05) is 32.0 Å². The van der Waals surface area contributed by atoms with Crippen LogP contribution >= 0.6 is 0 Å². The molecule has 1 N–H and O–H groups in total. The van der Waals surface area contributed by atoms with Gasteiger partial charge in [-0.25, -0.2) is 18.1 Å². The summed E-state index contributed by atoms with van der Waals surface area (Å²) in [6.07, 6.45) is 0.0322. The normalized spacial score (nSPS) is 12.0. The smallest absolute Gasteiger partial charge is 0.241 e. The van der Waals surface area contributed by atoms with Gasteiger partial charge in [-0.05, 0) is 50.2 Å². The number of benzene rings is 2. The molecular weight excluding hydrogens is 328 g/mol. The number of rotatable bonds is 6. The number of oxazole rings is 1. The van der Waals surface area contributed by atoms with E-state index in [1.165, 1.54) is 12.1 Å². The summed E-state index contributed by atoms with van der Waals surface area (Å²) >= 11 is 0. The fraction of sp³-hybridized carbons (Fsp3) is 0.235. The Hall–Kier alpha value is -2.38. The van der Waals surface area contributed by atoms with Gasteiger partial charge in [-0.15, -0.1) is 0 Å². The summed E-state index contributed by atoms with van der Waals surface area (Å²) in [6.45, 7) is 3.81. The molecule has 1 aromatic heterocycles. The summed E-state index contributed by atoms with van der Waals surface area (Å²) in [5.41, 5.74) is 1.32. The molecule has 6 nitrogen and oxygen atoms in total. The predicted octanol–water partition coefficient (Wildman–Crippen LogP) is 3.09. The highest BCUT2D eigenvalue weighted by molar-refractivity contribution is 7.89. The van der Waals surface area contributed by atoms with E-state index >= 15 is 0 Å². The lowest BCUT2D eigenvalue weighted by molar-refractivity contribution is 0.242. The second-order valence-corrected chi connectivity index (χ2v) is 7.30. The van der Waals surface area contributed by atoms with E-state index in [9.17, 15) is 8.42 Å². The van der Waals surface area contributed by atoms with E-state index in [2.05, 4.69) is 9.71 Å². The summed E-state index contributed by atoms with van der Waals surface area (Å²) in [7, 11) is -3.65. The summed E-state index contributed by atoms with van der Waals surface area (Å²) in [5, 5.41) is 0. The molecule has 0 fully saturated rings. The van der Waals surface area contributed by atoms with E-state index < -0.39 is 10.0 Å². The van der Waals surface area contributed by atoms with Crippen LogP contribution in [0.4, 0.5) is 0 Å². The van der Waals surface area contributed by atoms with Crippen molar-refractivity contribution in [1.82, 2.24) is 9.71 Å². The number of para-hydroxylation sites is 2. The molecule has 7 heteroatoms. The van der Waals surface area contributed by atoms with E-state index in [4.69, 9.17) is 9.15 Å². The molecule has 0 unspecified atom stereocenters. The Kier molecular flexibility index (Phi) is 4.55. The van der Waals surface area contributed by atoms with Crippen LogP contribution in [0.5, 0.6) is 5.75 Å². The van der Waals surface area contributed by atoms with Gasteiger partial charge >= 0.3 is 0 Å². The largest absolute Gasteiger partial charge is 0.491 e. The Bertz CT molecular complexity index is 898. The SMILES string of the molecule is CC(C)Oc1ccc(S(=O)(=O)NCc2nc3ccccc3o2)cc1. The molecule has 0 saturated heterocycles. The van der Waals surface area contributed by atoms with Gasteiger partial charge in [0.1, 0.15) is 11.3 Å². The van der Waals surface area contributed by atoms with Crippen molar-refractivity contribution in [1.29, 1.82) is 0 Å². The molecule has 0 radical (unpaired) electrons. The molecule has 0 atom stereocenters. The first-order chi connectivity index (χ1) is 11.4. The number of hydrogen-bond acceptors (Lipinski definition) is 5.